The average molecular weight is 288 g/mol. The van der Waals surface area contributed by atoms with Crippen LogP contribution in [-0.4, -0.2) is 11.1 Å². The molecule has 112 valence electrons. The van der Waals surface area contributed by atoms with Crippen molar-refractivity contribution in [2.75, 3.05) is 5.32 Å². The molecule has 0 aliphatic carbocycles. The van der Waals surface area contributed by atoms with Crippen molar-refractivity contribution in [3.63, 3.8) is 0 Å². The molecule has 4 heteroatoms. The molecule has 2 rings (SSSR count). The highest BCUT2D eigenvalue weighted by Gasteiger charge is 2.08. The number of nitrogens with one attached hydrogen (secondary N) is 1. The number of benzene rings is 1. The molecule has 2 aromatic rings. The van der Waals surface area contributed by atoms with Gasteiger partial charge in [-0.2, -0.15) is 0 Å². The molecular formula is C17H21FN2O. The fourth-order valence-corrected chi connectivity index (χ4v) is 1.97. The number of anilines is 1. The number of rotatable bonds is 6. The topological polar surface area (TPSA) is 34.1 Å². The van der Waals surface area contributed by atoms with E-state index in [0.29, 0.717) is 0 Å². The summed E-state index contributed by atoms with van der Waals surface area (Å²) in [4.78, 5) is 3.88. The third-order valence-electron chi connectivity index (χ3n) is 3.36. The Hall–Kier alpha value is -2.10. The van der Waals surface area contributed by atoms with Crippen LogP contribution >= 0.6 is 0 Å². The van der Waals surface area contributed by atoms with Gasteiger partial charge in [0.05, 0.1) is 18.3 Å². The largest absolute Gasteiger partial charge is 0.491 e. The number of halogens is 1. The van der Waals surface area contributed by atoms with Gasteiger partial charge in [-0.3, -0.25) is 4.98 Å². The third-order valence-corrected chi connectivity index (χ3v) is 3.36. The Morgan fingerprint density at radius 1 is 1.24 bits per heavy atom. The Labute approximate surface area is 125 Å². The molecular weight excluding hydrogens is 267 g/mol. The fourth-order valence-electron chi connectivity index (χ4n) is 1.97. The van der Waals surface area contributed by atoms with Crippen LogP contribution in [0.4, 0.5) is 10.1 Å². The minimum Gasteiger partial charge on any atom is -0.491 e. The summed E-state index contributed by atoms with van der Waals surface area (Å²) in [6.45, 7) is 6.10. The Morgan fingerprint density at radius 2 is 2.05 bits per heavy atom. The molecule has 1 aromatic carbocycles. The molecule has 0 saturated carbocycles. The molecule has 0 saturated heterocycles. The van der Waals surface area contributed by atoms with Crippen molar-refractivity contribution >= 4 is 5.69 Å². The van der Waals surface area contributed by atoms with Gasteiger partial charge < -0.3 is 10.1 Å². The van der Waals surface area contributed by atoms with Crippen LogP contribution in [0, 0.1) is 5.82 Å². The van der Waals surface area contributed by atoms with Gasteiger partial charge in [0.25, 0.3) is 0 Å². The second-order valence-electron chi connectivity index (χ2n) is 5.17. The zero-order chi connectivity index (χ0) is 15.2. The van der Waals surface area contributed by atoms with E-state index in [9.17, 15) is 4.39 Å². The summed E-state index contributed by atoms with van der Waals surface area (Å²) in [6, 6.07) is 9.25. The lowest BCUT2D eigenvalue weighted by Crippen LogP contribution is -2.10. The van der Waals surface area contributed by atoms with Crippen LogP contribution in [0.5, 0.6) is 5.75 Å². The summed E-state index contributed by atoms with van der Waals surface area (Å²) in [5.74, 6) is 0.508. The van der Waals surface area contributed by atoms with Crippen LogP contribution in [0.3, 0.4) is 0 Å². The maximum atomic E-state index is 13.2. The van der Waals surface area contributed by atoms with Crippen LogP contribution in [0.15, 0.2) is 42.7 Å². The first kappa shape index (κ1) is 15.3. The van der Waals surface area contributed by atoms with E-state index in [4.69, 9.17) is 4.74 Å². The summed E-state index contributed by atoms with van der Waals surface area (Å²) >= 11 is 0. The van der Waals surface area contributed by atoms with Gasteiger partial charge in [-0.25, -0.2) is 4.39 Å². The Balaban J connectivity index is 2.07. The first-order chi connectivity index (χ1) is 10.1. The predicted octanol–water partition coefficient (Wildman–Crippen LogP) is 4.57. The molecule has 21 heavy (non-hydrogen) atoms. The lowest BCUT2D eigenvalue weighted by molar-refractivity contribution is 0.217. The molecule has 2 atom stereocenters. The molecule has 0 spiro atoms. The number of aromatic nitrogens is 1. The maximum Gasteiger partial charge on any atom is 0.141 e. The van der Waals surface area contributed by atoms with Crippen LogP contribution in [0.1, 0.15) is 38.8 Å². The second-order valence-corrected chi connectivity index (χ2v) is 5.17. The van der Waals surface area contributed by atoms with E-state index < -0.39 is 0 Å². The third kappa shape index (κ3) is 4.45. The van der Waals surface area contributed by atoms with Crippen LogP contribution in [0.2, 0.25) is 0 Å². The van der Waals surface area contributed by atoms with Gasteiger partial charge in [-0.1, -0.05) is 13.0 Å². The molecule has 1 heterocycles. The molecule has 1 N–H and O–H groups in total. The zero-order valence-electron chi connectivity index (χ0n) is 12.6. The Bertz CT molecular complexity index is 589. The van der Waals surface area contributed by atoms with Gasteiger partial charge in [0.15, 0.2) is 0 Å². The summed E-state index contributed by atoms with van der Waals surface area (Å²) in [5.41, 5.74) is 1.75. The summed E-state index contributed by atoms with van der Waals surface area (Å²) in [5, 5.41) is 3.33. The highest BCUT2D eigenvalue weighted by Crippen LogP contribution is 2.23. The Kier molecular flexibility index (Phi) is 5.14. The predicted molar refractivity (Wildman–Crippen MR) is 83.1 cm³/mol. The fraction of sp³-hybridized carbons (Fsp3) is 0.353. The van der Waals surface area contributed by atoms with Gasteiger partial charge in [-0.15, -0.1) is 0 Å². The quantitative estimate of drug-likeness (QED) is 0.845. The monoisotopic (exact) mass is 288 g/mol. The van der Waals surface area contributed by atoms with E-state index in [0.717, 1.165) is 23.4 Å². The van der Waals surface area contributed by atoms with Crippen LogP contribution in [0.25, 0.3) is 0 Å². The second kappa shape index (κ2) is 7.07. The van der Waals surface area contributed by atoms with Crippen LogP contribution in [-0.2, 0) is 0 Å². The highest BCUT2D eigenvalue weighted by atomic mass is 19.1. The molecule has 1 aromatic heterocycles. The van der Waals surface area contributed by atoms with Crippen molar-refractivity contribution in [2.45, 2.75) is 39.3 Å². The number of nitrogens with zero attached hydrogens (tertiary/aromatic N) is 1. The normalized spacial score (nSPS) is 13.5. The molecule has 0 aliphatic heterocycles. The molecule has 0 aliphatic rings. The summed E-state index contributed by atoms with van der Waals surface area (Å²) in [7, 11) is 0. The molecule has 0 bridgehead atoms. The smallest absolute Gasteiger partial charge is 0.141 e. The molecule has 3 nitrogen and oxygen atoms in total. The minimum atomic E-state index is -0.324. The number of hydrogen-bond acceptors (Lipinski definition) is 3. The van der Waals surface area contributed by atoms with Gasteiger partial charge in [0.1, 0.15) is 11.6 Å². The van der Waals surface area contributed by atoms with E-state index in [1.54, 1.807) is 6.20 Å². The number of hydrogen-bond donors (Lipinski definition) is 1. The minimum absolute atomic E-state index is 0.0351. The zero-order valence-corrected chi connectivity index (χ0v) is 12.6. The Morgan fingerprint density at radius 3 is 2.76 bits per heavy atom. The summed E-state index contributed by atoms with van der Waals surface area (Å²) in [6.07, 6.45) is 4.02. The van der Waals surface area contributed by atoms with E-state index in [2.05, 4.69) is 17.2 Å². The van der Waals surface area contributed by atoms with Crippen molar-refractivity contribution in [1.82, 2.24) is 4.98 Å². The number of pyridine rings is 1. The van der Waals surface area contributed by atoms with E-state index in [-0.39, 0.29) is 18.0 Å². The highest BCUT2D eigenvalue weighted by molar-refractivity contribution is 5.49. The number of ether oxygens (including phenoxy) is 1. The van der Waals surface area contributed by atoms with E-state index >= 15 is 0 Å². The van der Waals surface area contributed by atoms with Crippen molar-refractivity contribution in [3.8, 4) is 5.75 Å². The molecule has 0 fully saturated rings. The molecule has 0 amide bonds. The average Bonchev–Trinajstić information content (AvgIpc) is 2.47. The van der Waals surface area contributed by atoms with E-state index in [1.165, 1.54) is 12.3 Å². The van der Waals surface area contributed by atoms with Gasteiger partial charge in [-0.05, 0) is 44.0 Å². The first-order valence-corrected chi connectivity index (χ1v) is 7.22. The first-order valence-electron chi connectivity index (χ1n) is 7.22. The lowest BCUT2D eigenvalue weighted by Gasteiger charge is -2.17. The standard InChI is InChI=1S/C17H21FN2O/c1-4-12(2)21-17-7-5-6-16(9-17)20-13(3)14-8-15(18)11-19-10-14/h5-13,20H,4H2,1-3H3. The van der Waals surface area contributed by atoms with Crippen molar-refractivity contribution in [1.29, 1.82) is 0 Å². The van der Waals surface area contributed by atoms with Gasteiger partial charge in [0.2, 0.25) is 0 Å². The maximum absolute atomic E-state index is 13.2. The van der Waals surface area contributed by atoms with E-state index in [1.807, 2.05) is 38.1 Å². The summed E-state index contributed by atoms with van der Waals surface area (Å²) < 4.78 is 19.0. The lowest BCUT2D eigenvalue weighted by atomic mass is 10.1. The van der Waals surface area contributed by atoms with Crippen molar-refractivity contribution in [3.05, 3.63) is 54.1 Å². The molecule has 0 radical (unpaired) electrons. The van der Waals surface area contributed by atoms with Crippen molar-refractivity contribution < 1.29 is 9.13 Å². The van der Waals surface area contributed by atoms with Crippen LogP contribution < -0.4 is 10.1 Å². The SMILES string of the molecule is CCC(C)Oc1cccc(NC(C)c2cncc(F)c2)c1. The van der Waals surface area contributed by atoms with Gasteiger partial charge >= 0.3 is 0 Å². The van der Waals surface area contributed by atoms with Gasteiger partial charge in [0, 0.05) is 18.0 Å². The van der Waals surface area contributed by atoms with Crippen molar-refractivity contribution in [2.24, 2.45) is 0 Å². The molecule has 2 unspecified atom stereocenters.